The van der Waals surface area contributed by atoms with Crippen LogP contribution in [0.1, 0.15) is 38.7 Å². The molecule has 0 saturated carbocycles. The molecule has 1 fully saturated rings. The predicted molar refractivity (Wildman–Crippen MR) is 92.2 cm³/mol. The smallest absolute Gasteiger partial charge is 0.225 e. The fourth-order valence-corrected chi connectivity index (χ4v) is 3.08. The molecule has 2 N–H and O–H groups in total. The van der Waals surface area contributed by atoms with E-state index >= 15 is 0 Å². The van der Waals surface area contributed by atoms with Gasteiger partial charge in [0.15, 0.2) is 0 Å². The van der Waals surface area contributed by atoms with E-state index < -0.39 is 0 Å². The molecule has 4 heteroatoms. The highest BCUT2D eigenvalue weighted by atomic mass is 16.1. The van der Waals surface area contributed by atoms with Gasteiger partial charge in [0.25, 0.3) is 0 Å². The van der Waals surface area contributed by atoms with Crippen LogP contribution in [0.4, 0.5) is 5.69 Å². The van der Waals surface area contributed by atoms with Gasteiger partial charge in [0.1, 0.15) is 0 Å². The van der Waals surface area contributed by atoms with Crippen molar-refractivity contribution in [3.63, 3.8) is 0 Å². The number of aryl methyl sites for hydroxylation is 1. The minimum absolute atomic E-state index is 0.0719. The van der Waals surface area contributed by atoms with E-state index in [2.05, 4.69) is 29.4 Å². The average molecular weight is 303 g/mol. The second-order valence-corrected chi connectivity index (χ2v) is 6.35. The van der Waals surface area contributed by atoms with Gasteiger partial charge in [-0.3, -0.25) is 9.69 Å². The van der Waals surface area contributed by atoms with Crippen molar-refractivity contribution in [2.24, 2.45) is 0 Å². The Morgan fingerprint density at radius 2 is 2.09 bits per heavy atom. The summed E-state index contributed by atoms with van der Waals surface area (Å²) >= 11 is 0. The van der Waals surface area contributed by atoms with Crippen LogP contribution in [0.2, 0.25) is 0 Å². The van der Waals surface area contributed by atoms with Gasteiger partial charge < -0.3 is 10.6 Å². The molecule has 1 aromatic carbocycles. The molecule has 2 rings (SSSR count). The van der Waals surface area contributed by atoms with Gasteiger partial charge in [-0.05, 0) is 51.9 Å². The number of nitrogens with zero attached hydrogens (tertiary/aromatic N) is 1. The van der Waals surface area contributed by atoms with Crippen molar-refractivity contribution >= 4 is 11.6 Å². The van der Waals surface area contributed by atoms with Gasteiger partial charge in [0, 0.05) is 30.7 Å². The number of hydrogen-bond donors (Lipinski definition) is 2. The Morgan fingerprint density at radius 1 is 1.36 bits per heavy atom. The van der Waals surface area contributed by atoms with Crippen LogP contribution < -0.4 is 10.6 Å². The second kappa shape index (κ2) is 8.30. The van der Waals surface area contributed by atoms with Crippen molar-refractivity contribution in [3.8, 4) is 0 Å². The lowest BCUT2D eigenvalue weighted by Crippen LogP contribution is -2.41. The van der Waals surface area contributed by atoms with Crippen molar-refractivity contribution in [1.29, 1.82) is 0 Å². The molecule has 1 aliphatic heterocycles. The van der Waals surface area contributed by atoms with Crippen molar-refractivity contribution in [1.82, 2.24) is 10.2 Å². The standard InChI is InChI=1S/C18H29N3O/c1-4-21-11-5-6-17(21)13-19-15(3)12-18(22)20-16-9-7-14(2)8-10-16/h7-10,15,17,19H,4-6,11-13H2,1-3H3,(H,20,22)/t15-,17+/m0/s1. The molecule has 0 radical (unpaired) electrons. The van der Waals surface area contributed by atoms with E-state index in [-0.39, 0.29) is 11.9 Å². The number of anilines is 1. The van der Waals surface area contributed by atoms with Crippen molar-refractivity contribution in [2.75, 3.05) is 25.0 Å². The Labute approximate surface area is 134 Å². The molecule has 1 amide bonds. The molecule has 0 aliphatic carbocycles. The summed E-state index contributed by atoms with van der Waals surface area (Å²) in [4.78, 5) is 14.6. The Kier molecular flexibility index (Phi) is 6.40. The zero-order chi connectivity index (χ0) is 15.9. The number of amides is 1. The van der Waals surface area contributed by atoms with E-state index in [0.717, 1.165) is 18.8 Å². The molecule has 22 heavy (non-hydrogen) atoms. The summed E-state index contributed by atoms with van der Waals surface area (Å²) in [6.07, 6.45) is 3.07. The van der Waals surface area contributed by atoms with Gasteiger partial charge in [0.2, 0.25) is 5.91 Å². The molecule has 2 atom stereocenters. The molecule has 0 aromatic heterocycles. The predicted octanol–water partition coefficient (Wildman–Crippen LogP) is 2.79. The van der Waals surface area contributed by atoms with E-state index in [1.54, 1.807) is 0 Å². The summed E-state index contributed by atoms with van der Waals surface area (Å²) in [7, 11) is 0. The average Bonchev–Trinajstić information content (AvgIpc) is 2.95. The number of carbonyl (C=O) groups is 1. The van der Waals surface area contributed by atoms with Gasteiger partial charge in [-0.25, -0.2) is 0 Å². The maximum atomic E-state index is 12.1. The molecule has 0 unspecified atom stereocenters. The van der Waals surface area contributed by atoms with Crippen LogP contribution in [-0.4, -0.2) is 42.5 Å². The van der Waals surface area contributed by atoms with Gasteiger partial charge in [0.05, 0.1) is 0 Å². The summed E-state index contributed by atoms with van der Waals surface area (Å²) < 4.78 is 0. The quantitative estimate of drug-likeness (QED) is 0.814. The zero-order valence-electron chi connectivity index (χ0n) is 14.1. The van der Waals surface area contributed by atoms with Gasteiger partial charge in [-0.15, -0.1) is 0 Å². The number of rotatable bonds is 7. The molecule has 1 saturated heterocycles. The van der Waals surface area contributed by atoms with E-state index in [1.165, 1.54) is 24.9 Å². The van der Waals surface area contributed by atoms with E-state index in [0.29, 0.717) is 12.5 Å². The fourth-order valence-electron chi connectivity index (χ4n) is 3.08. The third-order valence-electron chi connectivity index (χ3n) is 4.43. The maximum Gasteiger partial charge on any atom is 0.225 e. The van der Waals surface area contributed by atoms with Crippen molar-refractivity contribution < 1.29 is 4.79 Å². The Balaban J connectivity index is 1.71. The summed E-state index contributed by atoms with van der Waals surface area (Å²) in [5.74, 6) is 0.0719. The van der Waals surface area contributed by atoms with Crippen molar-refractivity contribution in [2.45, 2.75) is 52.1 Å². The summed E-state index contributed by atoms with van der Waals surface area (Å²) in [6.45, 7) is 9.66. The lowest BCUT2D eigenvalue weighted by atomic mass is 10.1. The topological polar surface area (TPSA) is 44.4 Å². The summed E-state index contributed by atoms with van der Waals surface area (Å²) in [5.41, 5.74) is 2.07. The van der Waals surface area contributed by atoms with Crippen LogP contribution in [-0.2, 0) is 4.79 Å². The lowest BCUT2D eigenvalue weighted by Gasteiger charge is -2.24. The Hall–Kier alpha value is -1.39. The minimum atomic E-state index is 0.0719. The summed E-state index contributed by atoms with van der Waals surface area (Å²) in [6, 6.07) is 8.75. The first-order valence-electron chi connectivity index (χ1n) is 8.42. The molecular formula is C18H29N3O. The number of hydrogen-bond acceptors (Lipinski definition) is 3. The van der Waals surface area contributed by atoms with Crippen LogP contribution in [0, 0.1) is 6.92 Å². The van der Waals surface area contributed by atoms with Crippen LogP contribution in [0.3, 0.4) is 0 Å². The lowest BCUT2D eigenvalue weighted by molar-refractivity contribution is -0.116. The molecule has 4 nitrogen and oxygen atoms in total. The van der Waals surface area contributed by atoms with E-state index in [9.17, 15) is 4.79 Å². The Morgan fingerprint density at radius 3 is 2.77 bits per heavy atom. The van der Waals surface area contributed by atoms with Crippen LogP contribution in [0.15, 0.2) is 24.3 Å². The van der Waals surface area contributed by atoms with E-state index in [1.807, 2.05) is 31.2 Å². The van der Waals surface area contributed by atoms with E-state index in [4.69, 9.17) is 0 Å². The molecule has 1 heterocycles. The molecular weight excluding hydrogens is 274 g/mol. The molecule has 0 spiro atoms. The highest BCUT2D eigenvalue weighted by Gasteiger charge is 2.23. The minimum Gasteiger partial charge on any atom is -0.326 e. The number of likely N-dealkylation sites (tertiary alicyclic amines) is 1. The first-order chi connectivity index (χ1) is 10.6. The largest absolute Gasteiger partial charge is 0.326 e. The first-order valence-corrected chi connectivity index (χ1v) is 8.42. The third kappa shape index (κ3) is 5.11. The van der Waals surface area contributed by atoms with Gasteiger partial charge in [-0.1, -0.05) is 24.6 Å². The maximum absolute atomic E-state index is 12.1. The number of carbonyl (C=O) groups excluding carboxylic acids is 1. The zero-order valence-corrected chi connectivity index (χ0v) is 14.1. The van der Waals surface area contributed by atoms with Crippen LogP contribution in [0.5, 0.6) is 0 Å². The summed E-state index contributed by atoms with van der Waals surface area (Å²) in [5, 5.41) is 6.47. The monoisotopic (exact) mass is 303 g/mol. The normalized spacial score (nSPS) is 20.0. The third-order valence-corrected chi connectivity index (χ3v) is 4.43. The van der Waals surface area contributed by atoms with Crippen molar-refractivity contribution in [3.05, 3.63) is 29.8 Å². The second-order valence-electron chi connectivity index (χ2n) is 6.35. The van der Waals surface area contributed by atoms with Gasteiger partial charge in [-0.2, -0.15) is 0 Å². The molecule has 1 aliphatic rings. The van der Waals surface area contributed by atoms with Gasteiger partial charge >= 0.3 is 0 Å². The highest BCUT2D eigenvalue weighted by molar-refractivity contribution is 5.91. The highest BCUT2D eigenvalue weighted by Crippen LogP contribution is 2.16. The molecule has 1 aromatic rings. The fraction of sp³-hybridized carbons (Fsp3) is 0.611. The molecule has 122 valence electrons. The number of likely N-dealkylation sites (N-methyl/N-ethyl adjacent to an activating group) is 1. The van der Waals surface area contributed by atoms with Crippen LogP contribution in [0.25, 0.3) is 0 Å². The number of benzene rings is 1. The SMILES string of the molecule is CCN1CCC[C@@H]1CN[C@@H](C)CC(=O)Nc1ccc(C)cc1. The Bertz CT molecular complexity index is 472. The number of nitrogens with one attached hydrogen (secondary N) is 2. The first kappa shape index (κ1) is 17.0. The van der Waals surface area contributed by atoms with Crippen LogP contribution >= 0.6 is 0 Å². The molecule has 0 bridgehead atoms.